The lowest BCUT2D eigenvalue weighted by Crippen LogP contribution is -2.28. The monoisotopic (exact) mass is 244 g/mol. The van der Waals surface area contributed by atoms with E-state index in [0.29, 0.717) is 6.10 Å². The van der Waals surface area contributed by atoms with E-state index >= 15 is 0 Å². The van der Waals surface area contributed by atoms with E-state index in [2.05, 4.69) is 31.0 Å². The van der Waals surface area contributed by atoms with Gasteiger partial charge in [-0.25, -0.2) is 0 Å². The Bertz CT molecular complexity index is 444. The van der Waals surface area contributed by atoms with Gasteiger partial charge < -0.3 is 4.74 Å². The molecule has 3 heteroatoms. The molecular formula is C15H20N2O. The molecule has 1 fully saturated rings. The van der Waals surface area contributed by atoms with Crippen molar-refractivity contribution in [3.63, 3.8) is 0 Å². The van der Waals surface area contributed by atoms with Crippen LogP contribution in [0.1, 0.15) is 29.5 Å². The van der Waals surface area contributed by atoms with Gasteiger partial charge >= 0.3 is 0 Å². The van der Waals surface area contributed by atoms with Crippen LogP contribution < -0.4 is 0 Å². The van der Waals surface area contributed by atoms with Gasteiger partial charge in [0, 0.05) is 19.7 Å². The Labute approximate surface area is 109 Å². The first-order chi connectivity index (χ1) is 8.69. The Hall–Kier alpha value is -1.37. The molecule has 0 saturated carbocycles. The molecule has 2 rings (SSSR count). The van der Waals surface area contributed by atoms with E-state index in [1.807, 2.05) is 12.1 Å². The maximum atomic E-state index is 8.85. The second-order valence-electron chi connectivity index (χ2n) is 5.08. The molecule has 0 amide bonds. The average molecular weight is 244 g/mol. The second-order valence-corrected chi connectivity index (χ2v) is 5.08. The maximum Gasteiger partial charge on any atom is 0.0991 e. The van der Waals surface area contributed by atoms with Crippen molar-refractivity contribution >= 4 is 0 Å². The number of ether oxygens (including phenoxy) is 1. The molecule has 1 aromatic carbocycles. The summed E-state index contributed by atoms with van der Waals surface area (Å²) in [5.74, 6) is 0. The van der Waals surface area contributed by atoms with E-state index in [9.17, 15) is 0 Å². The number of likely N-dealkylation sites (N-methyl/N-ethyl adjacent to an activating group) is 1. The molecule has 1 heterocycles. The average Bonchev–Trinajstić information content (AvgIpc) is 2.84. The summed E-state index contributed by atoms with van der Waals surface area (Å²) in [5, 5.41) is 8.85. The minimum atomic E-state index is 0.397. The summed E-state index contributed by atoms with van der Waals surface area (Å²) in [6.45, 7) is 4.88. The predicted octanol–water partition coefficient (Wildman–Crippen LogP) is 2.48. The highest BCUT2D eigenvalue weighted by atomic mass is 16.5. The summed E-state index contributed by atoms with van der Waals surface area (Å²) in [6.07, 6.45) is 2.76. The van der Waals surface area contributed by atoms with Crippen LogP contribution in [0.15, 0.2) is 18.2 Å². The number of aryl methyl sites for hydroxylation is 1. The van der Waals surface area contributed by atoms with Crippen molar-refractivity contribution < 1.29 is 4.74 Å². The fourth-order valence-corrected chi connectivity index (χ4v) is 2.43. The Balaban J connectivity index is 1.94. The van der Waals surface area contributed by atoms with E-state index in [1.54, 1.807) is 0 Å². The first-order valence-corrected chi connectivity index (χ1v) is 6.49. The van der Waals surface area contributed by atoms with E-state index in [1.165, 1.54) is 24.0 Å². The number of rotatable bonds is 4. The molecule has 1 unspecified atom stereocenters. The van der Waals surface area contributed by atoms with Crippen molar-refractivity contribution in [2.24, 2.45) is 0 Å². The van der Waals surface area contributed by atoms with Crippen LogP contribution in [0.3, 0.4) is 0 Å². The molecule has 1 aliphatic rings. The van der Waals surface area contributed by atoms with Gasteiger partial charge in [0.1, 0.15) is 0 Å². The molecule has 18 heavy (non-hydrogen) atoms. The minimum absolute atomic E-state index is 0.397. The number of hydrogen-bond acceptors (Lipinski definition) is 3. The summed E-state index contributed by atoms with van der Waals surface area (Å²) < 4.78 is 5.64. The zero-order chi connectivity index (χ0) is 13.0. The normalized spacial score (nSPS) is 19.1. The van der Waals surface area contributed by atoms with Gasteiger partial charge in [0.05, 0.1) is 17.7 Å². The third-order valence-electron chi connectivity index (χ3n) is 3.45. The standard InChI is InChI=1S/C15H20N2O/c1-12-8-13(9-16)5-6-14(12)10-17(2)11-15-4-3-7-18-15/h5-6,8,15H,3-4,7,10-11H2,1-2H3. The SMILES string of the molecule is Cc1cc(C#N)ccc1CN(C)CC1CCCO1. The van der Waals surface area contributed by atoms with E-state index < -0.39 is 0 Å². The molecule has 1 aromatic rings. The van der Waals surface area contributed by atoms with Gasteiger partial charge in [-0.2, -0.15) is 5.26 Å². The first-order valence-electron chi connectivity index (χ1n) is 6.49. The van der Waals surface area contributed by atoms with Crippen molar-refractivity contribution in [3.8, 4) is 6.07 Å². The predicted molar refractivity (Wildman–Crippen MR) is 71.2 cm³/mol. The van der Waals surface area contributed by atoms with E-state index in [-0.39, 0.29) is 0 Å². The van der Waals surface area contributed by atoms with Gasteiger partial charge in [-0.15, -0.1) is 0 Å². The van der Waals surface area contributed by atoms with Gasteiger partial charge in [-0.1, -0.05) is 6.07 Å². The lowest BCUT2D eigenvalue weighted by Gasteiger charge is -2.21. The number of nitrogens with zero attached hydrogens (tertiary/aromatic N) is 2. The Morgan fingerprint density at radius 1 is 1.50 bits per heavy atom. The van der Waals surface area contributed by atoms with Crippen LogP contribution in [0.4, 0.5) is 0 Å². The summed E-state index contributed by atoms with van der Waals surface area (Å²) in [7, 11) is 2.12. The minimum Gasteiger partial charge on any atom is -0.377 e. The summed E-state index contributed by atoms with van der Waals surface area (Å²) in [6, 6.07) is 8.07. The zero-order valence-electron chi connectivity index (χ0n) is 11.1. The largest absolute Gasteiger partial charge is 0.377 e. The molecule has 96 valence electrons. The number of nitriles is 1. The van der Waals surface area contributed by atoms with Gasteiger partial charge in [-0.3, -0.25) is 4.90 Å². The van der Waals surface area contributed by atoms with Gasteiger partial charge in [0.15, 0.2) is 0 Å². The Morgan fingerprint density at radius 2 is 2.33 bits per heavy atom. The molecule has 0 spiro atoms. The molecule has 1 aliphatic heterocycles. The summed E-state index contributed by atoms with van der Waals surface area (Å²) >= 11 is 0. The highest BCUT2D eigenvalue weighted by Gasteiger charge is 2.17. The highest BCUT2D eigenvalue weighted by molar-refractivity contribution is 5.37. The summed E-state index contributed by atoms with van der Waals surface area (Å²) in [5.41, 5.74) is 3.21. The van der Waals surface area contributed by atoms with Crippen LogP contribution in [0, 0.1) is 18.3 Å². The number of hydrogen-bond donors (Lipinski definition) is 0. The van der Waals surface area contributed by atoms with Crippen molar-refractivity contribution in [1.29, 1.82) is 5.26 Å². The Kier molecular flexibility index (Phi) is 4.35. The highest BCUT2D eigenvalue weighted by Crippen LogP contribution is 2.16. The van der Waals surface area contributed by atoms with Crippen molar-refractivity contribution in [2.75, 3.05) is 20.2 Å². The van der Waals surface area contributed by atoms with Gasteiger partial charge in [-0.05, 0) is 50.1 Å². The zero-order valence-corrected chi connectivity index (χ0v) is 11.1. The lowest BCUT2D eigenvalue weighted by molar-refractivity contribution is 0.0793. The Morgan fingerprint density at radius 3 is 2.94 bits per heavy atom. The van der Waals surface area contributed by atoms with Gasteiger partial charge in [0.25, 0.3) is 0 Å². The first kappa shape index (κ1) is 13.1. The fraction of sp³-hybridized carbons (Fsp3) is 0.533. The molecule has 0 N–H and O–H groups in total. The smallest absolute Gasteiger partial charge is 0.0991 e. The molecule has 0 aromatic heterocycles. The molecule has 0 aliphatic carbocycles. The van der Waals surface area contributed by atoms with Crippen LogP contribution in [0.25, 0.3) is 0 Å². The lowest BCUT2D eigenvalue weighted by atomic mass is 10.1. The molecule has 1 saturated heterocycles. The van der Waals surface area contributed by atoms with E-state index in [4.69, 9.17) is 10.00 Å². The van der Waals surface area contributed by atoms with Crippen LogP contribution in [0.5, 0.6) is 0 Å². The summed E-state index contributed by atoms with van der Waals surface area (Å²) in [4.78, 5) is 2.30. The van der Waals surface area contributed by atoms with Crippen molar-refractivity contribution in [3.05, 3.63) is 34.9 Å². The molecule has 0 bridgehead atoms. The van der Waals surface area contributed by atoms with Crippen molar-refractivity contribution in [2.45, 2.75) is 32.4 Å². The molecule has 3 nitrogen and oxygen atoms in total. The van der Waals surface area contributed by atoms with Crippen molar-refractivity contribution in [1.82, 2.24) is 4.90 Å². The molecule has 0 radical (unpaired) electrons. The van der Waals surface area contributed by atoms with Crippen LogP contribution >= 0.6 is 0 Å². The number of benzene rings is 1. The third-order valence-corrected chi connectivity index (χ3v) is 3.45. The fourth-order valence-electron chi connectivity index (χ4n) is 2.43. The van der Waals surface area contributed by atoms with E-state index in [0.717, 1.165) is 25.3 Å². The van der Waals surface area contributed by atoms with Crippen LogP contribution in [0.2, 0.25) is 0 Å². The quantitative estimate of drug-likeness (QED) is 0.816. The maximum absolute atomic E-state index is 8.85. The third kappa shape index (κ3) is 3.32. The topological polar surface area (TPSA) is 36.3 Å². The van der Waals surface area contributed by atoms with Crippen LogP contribution in [-0.2, 0) is 11.3 Å². The second kappa shape index (κ2) is 5.99. The molecule has 1 atom stereocenters. The molecular weight excluding hydrogens is 224 g/mol. The van der Waals surface area contributed by atoms with Gasteiger partial charge in [0.2, 0.25) is 0 Å². The van der Waals surface area contributed by atoms with Crippen LogP contribution in [-0.4, -0.2) is 31.2 Å².